The summed E-state index contributed by atoms with van der Waals surface area (Å²) in [7, 11) is 2.14. The summed E-state index contributed by atoms with van der Waals surface area (Å²) in [6.45, 7) is 5.98. The van der Waals surface area contributed by atoms with Crippen molar-refractivity contribution in [1.29, 1.82) is 0 Å². The Morgan fingerprint density at radius 2 is 1.82 bits per heavy atom. The van der Waals surface area contributed by atoms with Gasteiger partial charge in [-0.2, -0.15) is 0 Å². The molecule has 1 saturated carbocycles. The van der Waals surface area contributed by atoms with Crippen LogP contribution in [0.15, 0.2) is 24.3 Å². The Morgan fingerprint density at radius 3 is 2.45 bits per heavy atom. The summed E-state index contributed by atoms with van der Waals surface area (Å²) in [6.07, 6.45) is 5.81. The second-order valence-corrected chi connectivity index (χ2v) is 6.83. The minimum Gasteiger partial charge on any atom is -0.352 e. The molecule has 2 rings (SSSR count). The first-order chi connectivity index (χ1) is 10.6. The number of nitrogens with one attached hydrogen (secondary N) is 1. The van der Waals surface area contributed by atoms with Gasteiger partial charge in [-0.25, -0.2) is 0 Å². The Labute approximate surface area is 135 Å². The monoisotopic (exact) mass is 302 g/mol. The molecule has 3 heteroatoms. The Balaban J connectivity index is 1.93. The van der Waals surface area contributed by atoms with Crippen molar-refractivity contribution >= 4 is 5.91 Å². The fourth-order valence-corrected chi connectivity index (χ4v) is 3.03. The van der Waals surface area contributed by atoms with Gasteiger partial charge in [-0.1, -0.05) is 43.5 Å². The lowest BCUT2D eigenvalue weighted by molar-refractivity contribution is -0.126. The molecule has 0 unspecified atom stereocenters. The van der Waals surface area contributed by atoms with Crippen LogP contribution in [-0.2, 0) is 17.9 Å². The minimum absolute atomic E-state index is 0.235. The van der Waals surface area contributed by atoms with Crippen molar-refractivity contribution in [1.82, 2.24) is 10.2 Å². The number of hydrogen-bond donors (Lipinski definition) is 1. The largest absolute Gasteiger partial charge is 0.352 e. The molecule has 1 fully saturated rings. The van der Waals surface area contributed by atoms with Crippen LogP contribution in [0.25, 0.3) is 0 Å². The molecule has 0 aliphatic heterocycles. The molecule has 1 aromatic rings. The number of carbonyl (C=O) groups is 1. The van der Waals surface area contributed by atoms with E-state index in [9.17, 15) is 4.79 Å². The molecule has 122 valence electrons. The van der Waals surface area contributed by atoms with E-state index in [1.165, 1.54) is 30.4 Å². The molecular formula is C19H30N2O. The van der Waals surface area contributed by atoms with Crippen molar-refractivity contribution in [2.45, 2.75) is 65.1 Å². The number of amides is 1. The van der Waals surface area contributed by atoms with E-state index in [2.05, 4.69) is 55.4 Å². The molecule has 0 radical (unpaired) electrons. The average molecular weight is 302 g/mol. The molecule has 1 aromatic carbocycles. The van der Waals surface area contributed by atoms with Crippen LogP contribution >= 0.6 is 0 Å². The van der Waals surface area contributed by atoms with Gasteiger partial charge in [0.05, 0.1) is 0 Å². The topological polar surface area (TPSA) is 32.3 Å². The molecule has 0 atom stereocenters. The van der Waals surface area contributed by atoms with Gasteiger partial charge in [0.1, 0.15) is 0 Å². The molecule has 22 heavy (non-hydrogen) atoms. The van der Waals surface area contributed by atoms with E-state index >= 15 is 0 Å². The number of hydrogen-bond acceptors (Lipinski definition) is 2. The normalized spacial score (nSPS) is 16.2. The molecule has 0 aromatic heterocycles. The fraction of sp³-hybridized carbons (Fsp3) is 0.632. The van der Waals surface area contributed by atoms with E-state index in [-0.39, 0.29) is 11.8 Å². The van der Waals surface area contributed by atoms with Crippen LogP contribution < -0.4 is 5.32 Å². The average Bonchev–Trinajstić information content (AvgIpc) is 2.54. The summed E-state index contributed by atoms with van der Waals surface area (Å²) in [5.41, 5.74) is 2.54. The van der Waals surface area contributed by atoms with E-state index in [0.29, 0.717) is 12.6 Å². The van der Waals surface area contributed by atoms with E-state index < -0.39 is 0 Å². The summed E-state index contributed by atoms with van der Waals surface area (Å²) in [5, 5.41) is 3.15. The third-order valence-electron chi connectivity index (χ3n) is 4.85. The zero-order valence-corrected chi connectivity index (χ0v) is 14.3. The van der Waals surface area contributed by atoms with Gasteiger partial charge in [-0.3, -0.25) is 9.69 Å². The number of rotatable bonds is 6. The first-order valence-corrected chi connectivity index (χ1v) is 8.62. The van der Waals surface area contributed by atoms with Gasteiger partial charge in [-0.15, -0.1) is 0 Å². The molecule has 0 bridgehead atoms. The molecule has 3 nitrogen and oxygen atoms in total. The van der Waals surface area contributed by atoms with Gasteiger partial charge in [0.15, 0.2) is 0 Å². The van der Waals surface area contributed by atoms with Crippen LogP contribution in [0.4, 0.5) is 0 Å². The van der Waals surface area contributed by atoms with Crippen LogP contribution in [-0.4, -0.2) is 23.9 Å². The summed E-state index contributed by atoms with van der Waals surface area (Å²) in [4.78, 5) is 14.6. The smallest absolute Gasteiger partial charge is 0.223 e. The van der Waals surface area contributed by atoms with Gasteiger partial charge in [0.25, 0.3) is 0 Å². The van der Waals surface area contributed by atoms with Gasteiger partial charge < -0.3 is 5.32 Å². The highest BCUT2D eigenvalue weighted by atomic mass is 16.1. The van der Waals surface area contributed by atoms with E-state index in [0.717, 1.165) is 19.4 Å². The Morgan fingerprint density at radius 1 is 1.18 bits per heavy atom. The lowest BCUT2D eigenvalue weighted by Gasteiger charge is -2.23. The van der Waals surface area contributed by atoms with E-state index in [1.807, 2.05) is 0 Å². The zero-order valence-electron chi connectivity index (χ0n) is 14.3. The third kappa shape index (κ3) is 4.84. The first kappa shape index (κ1) is 17.0. The summed E-state index contributed by atoms with van der Waals surface area (Å²) in [5.74, 6) is 0.478. The lowest BCUT2D eigenvalue weighted by Crippen LogP contribution is -2.32. The Hall–Kier alpha value is -1.35. The predicted molar refractivity (Wildman–Crippen MR) is 91.5 cm³/mol. The highest BCUT2D eigenvalue weighted by molar-refractivity contribution is 5.78. The molecular weight excluding hydrogens is 272 g/mol. The summed E-state index contributed by atoms with van der Waals surface area (Å²) < 4.78 is 0. The Kier molecular flexibility index (Phi) is 6.44. The second-order valence-electron chi connectivity index (χ2n) is 6.83. The molecule has 1 amide bonds. The highest BCUT2D eigenvalue weighted by Crippen LogP contribution is 2.23. The third-order valence-corrected chi connectivity index (χ3v) is 4.85. The van der Waals surface area contributed by atoms with E-state index in [1.54, 1.807) is 0 Å². The van der Waals surface area contributed by atoms with Crippen molar-refractivity contribution in [3.05, 3.63) is 35.4 Å². The molecule has 1 aliphatic carbocycles. The summed E-state index contributed by atoms with van der Waals surface area (Å²) >= 11 is 0. The second kappa shape index (κ2) is 8.33. The number of carbonyl (C=O) groups excluding carboxylic acids is 1. The lowest BCUT2D eigenvalue weighted by atomic mass is 9.88. The molecule has 0 saturated heterocycles. The van der Waals surface area contributed by atoms with Gasteiger partial charge in [0, 0.05) is 25.0 Å². The van der Waals surface area contributed by atoms with Crippen LogP contribution in [0.1, 0.15) is 57.1 Å². The number of benzene rings is 1. The maximum Gasteiger partial charge on any atom is 0.223 e. The van der Waals surface area contributed by atoms with Crippen molar-refractivity contribution in [2.24, 2.45) is 5.92 Å². The van der Waals surface area contributed by atoms with Crippen molar-refractivity contribution in [2.75, 3.05) is 7.05 Å². The van der Waals surface area contributed by atoms with Crippen LogP contribution in [0.5, 0.6) is 0 Å². The molecule has 0 heterocycles. The molecule has 0 spiro atoms. The fourth-order valence-electron chi connectivity index (χ4n) is 3.03. The van der Waals surface area contributed by atoms with Crippen molar-refractivity contribution < 1.29 is 4.79 Å². The van der Waals surface area contributed by atoms with Crippen LogP contribution in [0.2, 0.25) is 0 Å². The standard InChI is InChI=1S/C19H30N2O/c1-15(2)21(3)14-18-12-8-7-11-17(18)13-20-19(22)16-9-5-4-6-10-16/h7-8,11-12,15-16H,4-6,9-10,13-14H2,1-3H3,(H,20,22). The van der Waals surface area contributed by atoms with Crippen LogP contribution in [0.3, 0.4) is 0 Å². The first-order valence-electron chi connectivity index (χ1n) is 8.62. The van der Waals surface area contributed by atoms with Gasteiger partial charge in [0.2, 0.25) is 5.91 Å². The minimum atomic E-state index is 0.235. The zero-order chi connectivity index (χ0) is 15.9. The van der Waals surface area contributed by atoms with Crippen molar-refractivity contribution in [3.8, 4) is 0 Å². The maximum atomic E-state index is 12.3. The van der Waals surface area contributed by atoms with Gasteiger partial charge in [-0.05, 0) is 44.9 Å². The predicted octanol–water partition coefficient (Wildman–Crippen LogP) is 3.72. The Bertz CT molecular complexity index is 478. The number of nitrogens with zero attached hydrogens (tertiary/aromatic N) is 1. The van der Waals surface area contributed by atoms with Crippen LogP contribution in [0, 0.1) is 5.92 Å². The quantitative estimate of drug-likeness (QED) is 0.868. The molecule has 1 aliphatic rings. The molecule has 1 N–H and O–H groups in total. The van der Waals surface area contributed by atoms with Crippen molar-refractivity contribution in [3.63, 3.8) is 0 Å². The SMILES string of the molecule is CC(C)N(C)Cc1ccccc1CNC(=O)C1CCCCC1. The maximum absolute atomic E-state index is 12.3. The van der Waals surface area contributed by atoms with E-state index in [4.69, 9.17) is 0 Å². The van der Waals surface area contributed by atoms with Gasteiger partial charge >= 0.3 is 0 Å². The highest BCUT2D eigenvalue weighted by Gasteiger charge is 2.20. The summed E-state index contributed by atoms with van der Waals surface area (Å²) in [6, 6.07) is 8.95.